The molecule has 0 unspecified atom stereocenters. The van der Waals surface area contributed by atoms with E-state index in [-0.39, 0.29) is 5.78 Å². The van der Waals surface area contributed by atoms with Crippen molar-refractivity contribution >= 4 is 18.4 Å². The van der Waals surface area contributed by atoms with E-state index >= 15 is 0 Å². The van der Waals surface area contributed by atoms with Gasteiger partial charge >= 0.3 is 0 Å². The number of rotatable bonds is 5. The number of carbonyl (C=O) groups is 1. The van der Waals surface area contributed by atoms with Crippen molar-refractivity contribution in [3.05, 3.63) is 23.3 Å². The fourth-order valence-electron chi connectivity index (χ4n) is 1.50. The van der Waals surface area contributed by atoms with Crippen LogP contribution in [0.3, 0.4) is 0 Å². The lowest BCUT2D eigenvalue weighted by atomic mass is 10.0. The Labute approximate surface area is 101 Å². The van der Waals surface area contributed by atoms with Crippen LogP contribution in [0.2, 0.25) is 0 Å². The normalized spacial score (nSPS) is 10.0. The molecule has 0 aliphatic heterocycles. The molecule has 0 fully saturated rings. The van der Waals surface area contributed by atoms with Crippen LogP contribution in [0.5, 0.6) is 11.5 Å². The summed E-state index contributed by atoms with van der Waals surface area (Å²) in [5.41, 5.74) is 1.50. The van der Waals surface area contributed by atoms with Gasteiger partial charge in [-0.1, -0.05) is 0 Å². The highest BCUT2D eigenvalue weighted by atomic mass is 32.1. The second-order valence-corrected chi connectivity index (χ2v) is 3.87. The predicted molar refractivity (Wildman–Crippen MR) is 67.1 cm³/mol. The van der Waals surface area contributed by atoms with E-state index in [1.165, 1.54) is 0 Å². The predicted octanol–water partition coefficient (Wildman–Crippen LogP) is 2.51. The lowest BCUT2D eigenvalue weighted by Gasteiger charge is -2.11. The molecule has 16 heavy (non-hydrogen) atoms. The zero-order chi connectivity index (χ0) is 12.1. The zero-order valence-electron chi connectivity index (χ0n) is 9.74. The summed E-state index contributed by atoms with van der Waals surface area (Å²) in [7, 11) is 3.14. The van der Waals surface area contributed by atoms with E-state index in [1.54, 1.807) is 20.3 Å². The number of methoxy groups -OCH3 is 2. The Bertz CT molecular complexity index is 388. The molecule has 0 atom stereocenters. The molecule has 0 bridgehead atoms. The number of hydrogen-bond acceptors (Lipinski definition) is 4. The first-order valence-electron chi connectivity index (χ1n) is 5.00. The average Bonchev–Trinajstić information content (AvgIpc) is 2.28. The molecule has 0 amide bonds. The molecule has 1 aromatic rings. The van der Waals surface area contributed by atoms with E-state index in [4.69, 9.17) is 9.47 Å². The van der Waals surface area contributed by atoms with Gasteiger partial charge in [-0.3, -0.25) is 4.79 Å². The minimum absolute atomic E-state index is 0.0187. The van der Waals surface area contributed by atoms with Crippen molar-refractivity contribution in [1.29, 1.82) is 0 Å². The van der Waals surface area contributed by atoms with Gasteiger partial charge in [0.15, 0.2) is 5.78 Å². The fourth-order valence-corrected chi connectivity index (χ4v) is 1.71. The number of carbonyl (C=O) groups excluding carboxylic acids is 1. The largest absolute Gasteiger partial charge is 0.496 e. The minimum atomic E-state index is 0.0187. The van der Waals surface area contributed by atoms with Gasteiger partial charge < -0.3 is 9.47 Å². The Morgan fingerprint density at radius 3 is 2.38 bits per heavy atom. The van der Waals surface area contributed by atoms with E-state index in [0.29, 0.717) is 29.2 Å². The van der Waals surface area contributed by atoms with Gasteiger partial charge in [0.1, 0.15) is 11.5 Å². The number of aryl methyl sites for hydroxylation is 1. The summed E-state index contributed by atoms with van der Waals surface area (Å²) in [5.74, 6) is 1.83. The van der Waals surface area contributed by atoms with Gasteiger partial charge in [0.25, 0.3) is 0 Å². The molecule has 0 N–H and O–H groups in total. The summed E-state index contributed by atoms with van der Waals surface area (Å²) < 4.78 is 10.4. The van der Waals surface area contributed by atoms with Crippen LogP contribution in [0.4, 0.5) is 0 Å². The fraction of sp³-hybridized carbons (Fsp3) is 0.417. The van der Waals surface area contributed by atoms with E-state index in [0.717, 1.165) is 5.56 Å². The molecule has 0 heterocycles. The van der Waals surface area contributed by atoms with Crippen LogP contribution >= 0.6 is 12.6 Å². The van der Waals surface area contributed by atoms with Crippen molar-refractivity contribution in [2.24, 2.45) is 0 Å². The van der Waals surface area contributed by atoms with E-state index < -0.39 is 0 Å². The highest BCUT2D eigenvalue weighted by molar-refractivity contribution is 7.80. The molecule has 3 nitrogen and oxygen atoms in total. The first-order chi connectivity index (χ1) is 7.63. The molecule has 0 aliphatic carbocycles. The summed E-state index contributed by atoms with van der Waals surface area (Å²) in [6.45, 7) is 1.91. The van der Waals surface area contributed by atoms with Crippen LogP contribution in [0, 0.1) is 6.92 Å². The summed E-state index contributed by atoms with van der Waals surface area (Å²) in [5, 5.41) is 0. The van der Waals surface area contributed by atoms with Crippen LogP contribution < -0.4 is 9.47 Å². The Morgan fingerprint density at radius 1 is 1.25 bits per heavy atom. The third-order valence-electron chi connectivity index (χ3n) is 2.36. The Morgan fingerprint density at radius 2 is 1.88 bits per heavy atom. The standard InChI is InChI=1S/C12H16O3S/c1-8-6-12(15-3)9(7-11(8)14-2)10(13)4-5-16/h6-7,16H,4-5H2,1-3H3. The quantitative estimate of drug-likeness (QED) is 0.634. The van der Waals surface area contributed by atoms with Crippen LogP contribution in [-0.4, -0.2) is 25.8 Å². The summed E-state index contributed by atoms with van der Waals surface area (Å²) in [4.78, 5) is 11.8. The molecule has 0 spiro atoms. The summed E-state index contributed by atoms with van der Waals surface area (Å²) >= 11 is 4.05. The topological polar surface area (TPSA) is 35.5 Å². The monoisotopic (exact) mass is 240 g/mol. The van der Waals surface area contributed by atoms with Crippen molar-refractivity contribution in [3.8, 4) is 11.5 Å². The Hall–Kier alpha value is -1.16. The molecule has 1 aromatic carbocycles. The zero-order valence-corrected chi connectivity index (χ0v) is 10.6. The third-order valence-corrected chi connectivity index (χ3v) is 2.58. The van der Waals surface area contributed by atoms with Crippen molar-refractivity contribution in [3.63, 3.8) is 0 Å². The number of benzene rings is 1. The lowest BCUT2D eigenvalue weighted by molar-refractivity contribution is 0.0986. The second-order valence-electron chi connectivity index (χ2n) is 3.42. The molecule has 0 saturated carbocycles. The lowest BCUT2D eigenvalue weighted by Crippen LogP contribution is -2.04. The first-order valence-corrected chi connectivity index (χ1v) is 5.64. The van der Waals surface area contributed by atoms with Gasteiger partial charge in [0, 0.05) is 6.42 Å². The van der Waals surface area contributed by atoms with Crippen molar-refractivity contribution in [2.75, 3.05) is 20.0 Å². The summed E-state index contributed by atoms with van der Waals surface area (Å²) in [6, 6.07) is 3.53. The number of Topliss-reactive ketones (excluding diaryl/α,β-unsaturated/α-hetero) is 1. The molecule has 0 saturated heterocycles. The first kappa shape index (κ1) is 12.9. The second kappa shape index (κ2) is 5.80. The average molecular weight is 240 g/mol. The van der Waals surface area contributed by atoms with Gasteiger partial charge in [-0.05, 0) is 30.4 Å². The molecule has 1 rings (SSSR count). The van der Waals surface area contributed by atoms with Crippen molar-refractivity contribution < 1.29 is 14.3 Å². The van der Waals surface area contributed by atoms with Crippen molar-refractivity contribution in [2.45, 2.75) is 13.3 Å². The molecular weight excluding hydrogens is 224 g/mol. The number of ketones is 1. The maximum absolute atomic E-state index is 11.8. The molecule has 0 radical (unpaired) electrons. The number of thiol groups is 1. The molecule has 0 aliphatic rings. The molecular formula is C12H16O3S. The molecule has 4 heteroatoms. The highest BCUT2D eigenvalue weighted by Gasteiger charge is 2.14. The molecule has 88 valence electrons. The smallest absolute Gasteiger partial charge is 0.167 e. The van der Waals surface area contributed by atoms with E-state index in [2.05, 4.69) is 12.6 Å². The van der Waals surface area contributed by atoms with Crippen LogP contribution in [0.25, 0.3) is 0 Å². The van der Waals surface area contributed by atoms with E-state index in [1.807, 2.05) is 13.0 Å². The Kier molecular flexibility index (Phi) is 4.68. The van der Waals surface area contributed by atoms with Gasteiger partial charge in [-0.15, -0.1) is 0 Å². The molecule has 0 aromatic heterocycles. The summed E-state index contributed by atoms with van der Waals surface area (Å²) in [6.07, 6.45) is 0.395. The highest BCUT2D eigenvalue weighted by Crippen LogP contribution is 2.29. The van der Waals surface area contributed by atoms with Crippen LogP contribution in [0.1, 0.15) is 22.3 Å². The van der Waals surface area contributed by atoms with Gasteiger partial charge in [-0.2, -0.15) is 12.6 Å². The van der Waals surface area contributed by atoms with E-state index in [9.17, 15) is 4.79 Å². The van der Waals surface area contributed by atoms with Gasteiger partial charge in [-0.25, -0.2) is 0 Å². The SMILES string of the molecule is COc1cc(C(=O)CCS)c(OC)cc1C. The van der Waals surface area contributed by atoms with Crippen molar-refractivity contribution in [1.82, 2.24) is 0 Å². The van der Waals surface area contributed by atoms with Crippen LogP contribution in [-0.2, 0) is 0 Å². The van der Waals surface area contributed by atoms with Gasteiger partial charge in [0.05, 0.1) is 19.8 Å². The maximum atomic E-state index is 11.8. The number of ether oxygens (including phenoxy) is 2. The van der Waals surface area contributed by atoms with Gasteiger partial charge in [0.2, 0.25) is 0 Å². The number of hydrogen-bond donors (Lipinski definition) is 1. The minimum Gasteiger partial charge on any atom is -0.496 e. The van der Waals surface area contributed by atoms with Crippen LogP contribution in [0.15, 0.2) is 12.1 Å². The maximum Gasteiger partial charge on any atom is 0.167 e. The Balaban J connectivity index is 3.19. The third kappa shape index (κ3) is 2.70.